The molecule has 0 aromatic carbocycles. The van der Waals surface area contributed by atoms with Crippen LogP contribution in [-0.4, -0.2) is 82.8 Å². The van der Waals surface area contributed by atoms with Gasteiger partial charge in [0.15, 0.2) is 0 Å². The van der Waals surface area contributed by atoms with Crippen molar-refractivity contribution in [2.45, 2.75) is 50.9 Å². The first-order chi connectivity index (χ1) is 10.9. The van der Waals surface area contributed by atoms with Crippen molar-refractivity contribution in [3.63, 3.8) is 0 Å². The van der Waals surface area contributed by atoms with Crippen molar-refractivity contribution >= 4 is 11.8 Å². The van der Waals surface area contributed by atoms with Crippen molar-refractivity contribution in [1.82, 2.24) is 15.1 Å². The van der Waals surface area contributed by atoms with Gasteiger partial charge in [-0.2, -0.15) is 0 Å². The van der Waals surface area contributed by atoms with Crippen molar-refractivity contribution in [2.75, 3.05) is 32.7 Å². The fourth-order valence-corrected chi connectivity index (χ4v) is 3.68. The summed E-state index contributed by atoms with van der Waals surface area (Å²) < 4.78 is 0. The zero-order valence-corrected chi connectivity index (χ0v) is 13.7. The Labute approximate surface area is 136 Å². The molecule has 0 aromatic heterocycles. The van der Waals surface area contributed by atoms with Crippen LogP contribution in [0.5, 0.6) is 0 Å². The van der Waals surface area contributed by atoms with Crippen LogP contribution in [0.4, 0.5) is 0 Å². The van der Waals surface area contributed by atoms with E-state index in [0.717, 1.165) is 25.8 Å². The van der Waals surface area contributed by atoms with Crippen molar-refractivity contribution in [2.24, 2.45) is 5.41 Å². The van der Waals surface area contributed by atoms with Crippen molar-refractivity contribution in [3.05, 3.63) is 0 Å². The maximum atomic E-state index is 12.3. The van der Waals surface area contributed by atoms with E-state index in [1.54, 1.807) is 9.80 Å². The molecule has 1 aliphatic carbocycles. The lowest BCUT2D eigenvalue weighted by Gasteiger charge is -2.37. The van der Waals surface area contributed by atoms with Gasteiger partial charge >= 0.3 is 0 Å². The Kier molecular flexibility index (Phi) is 4.62. The van der Waals surface area contributed by atoms with E-state index < -0.39 is 12.2 Å². The molecule has 2 heterocycles. The summed E-state index contributed by atoms with van der Waals surface area (Å²) >= 11 is 0. The minimum Gasteiger partial charge on any atom is -0.391 e. The van der Waals surface area contributed by atoms with Gasteiger partial charge in [0.25, 0.3) is 5.91 Å². The molecule has 3 atom stereocenters. The molecule has 3 fully saturated rings. The van der Waals surface area contributed by atoms with Crippen LogP contribution in [-0.2, 0) is 9.59 Å². The number of aliphatic hydroxyl groups is 2. The zero-order valence-electron chi connectivity index (χ0n) is 13.7. The highest BCUT2D eigenvalue weighted by Crippen LogP contribution is 2.53. The average Bonchev–Trinajstić information content (AvgIpc) is 3.31. The molecule has 130 valence electrons. The Morgan fingerprint density at radius 2 is 2.13 bits per heavy atom. The summed E-state index contributed by atoms with van der Waals surface area (Å²) in [5, 5.41) is 23.4. The Balaban J connectivity index is 1.47. The number of nitrogens with one attached hydrogen (secondary N) is 1. The lowest BCUT2D eigenvalue weighted by Crippen LogP contribution is -2.55. The molecule has 1 spiro atoms. The number of likely N-dealkylation sites (tertiary alicyclic amines) is 1. The number of amides is 2. The van der Waals surface area contributed by atoms with Crippen LogP contribution in [0.25, 0.3) is 0 Å². The predicted molar refractivity (Wildman–Crippen MR) is 83.5 cm³/mol. The van der Waals surface area contributed by atoms with Crippen molar-refractivity contribution in [1.29, 1.82) is 0 Å². The predicted octanol–water partition coefficient (Wildman–Crippen LogP) is -1.07. The van der Waals surface area contributed by atoms with Gasteiger partial charge in [-0.3, -0.25) is 9.59 Å². The number of hydrogen-bond donors (Lipinski definition) is 3. The molecule has 1 saturated carbocycles. The molecule has 3 N–H and O–H groups in total. The highest BCUT2D eigenvalue weighted by atomic mass is 16.3. The van der Waals surface area contributed by atoms with Crippen LogP contribution in [0.15, 0.2) is 0 Å². The Bertz CT molecular complexity index is 480. The molecule has 3 rings (SSSR count). The molecule has 0 bridgehead atoms. The number of β-amino-alcohol motifs (C(OH)–C–C–N with tert-alkyl or cyclic N) is 1. The van der Waals surface area contributed by atoms with E-state index in [9.17, 15) is 19.8 Å². The molecular weight excluding hydrogens is 298 g/mol. The monoisotopic (exact) mass is 325 g/mol. The van der Waals surface area contributed by atoms with Gasteiger partial charge in [0.05, 0.1) is 12.1 Å². The number of carbonyl (C=O) groups excluding carboxylic acids is 2. The number of rotatable bonds is 4. The first-order valence-corrected chi connectivity index (χ1v) is 8.60. The van der Waals surface area contributed by atoms with Crippen LogP contribution >= 0.6 is 0 Å². The van der Waals surface area contributed by atoms with Gasteiger partial charge in [-0.05, 0) is 38.0 Å². The van der Waals surface area contributed by atoms with Crippen LogP contribution < -0.4 is 5.32 Å². The number of aliphatic hydroxyl groups excluding tert-OH is 2. The highest BCUT2D eigenvalue weighted by Gasteiger charge is 2.52. The third-order valence-corrected chi connectivity index (χ3v) is 5.66. The minimum absolute atomic E-state index is 0.0139. The topological polar surface area (TPSA) is 93.1 Å². The number of piperidine rings is 1. The van der Waals surface area contributed by atoms with E-state index in [2.05, 4.69) is 5.32 Å². The second-order valence-corrected chi connectivity index (χ2v) is 7.22. The number of hydrogen-bond acceptors (Lipinski definition) is 5. The molecule has 3 aliphatic rings. The van der Waals surface area contributed by atoms with E-state index in [0.29, 0.717) is 26.2 Å². The van der Waals surface area contributed by atoms with Gasteiger partial charge in [-0.25, -0.2) is 0 Å². The second kappa shape index (κ2) is 6.37. The average molecular weight is 325 g/mol. The lowest BCUT2D eigenvalue weighted by atomic mass is 9.90. The second-order valence-electron chi connectivity index (χ2n) is 7.22. The number of carbonyl (C=O) groups is 2. The summed E-state index contributed by atoms with van der Waals surface area (Å²) in [5.74, 6) is -0.310. The first kappa shape index (κ1) is 16.7. The van der Waals surface area contributed by atoms with Gasteiger partial charge in [0.2, 0.25) is 5.91 Å². The molecule has 23 heavy (non-hydrogen) atoms. The quantitative estimate of drug-likeness (QED) is 0.612. The number of piperazine rings is 1. The van der Waals surface area contributed by atoms with Gasteiger partial charge in [0, 0.05) is 32.7 Å². The van der Waals surface area contributed by atoms with Crippen LogP contribution in [0.2, 0.25) is 0 Å². The lowest BCUT2D eigenvalue weighted by molar-refractivity contribution is -0.146. The first-order valence-electron chi connectivity index (χ1n) is 8.60. The van der Waals surface area contributed by atoms with E-state index in [1.165, 1.54) is 0 Å². The summed E-state index contributed by atoms with van der Waals surface area (Å²) in [4.78, 5) is 27.6. The molecule has 7 heteroatoms. The third kappa shape index (κ3) is 3.36. The fraction of sp³-hybridized carbons (Fsp3) is 0.875. The molecule has 2 saturated heterocycles. The summed E-state index contributed by atoms with van der Waals surface area (Å²) in [6, 6.07) is -0.205. The zero-order chi connectivity index (χ0) is 16.6. The van der Waals surface area contributed by atoms with Crippen LogP contribution in [0.3, 0.4) is 0 Å². The Hall–Kier alpha value is -1.18. The fourth-order valence-electron chi connectivity index (χ4n) is 3.68. The van der Waals surface area contributed by atoms with E-state index >= 15 is 0 Å². The standard InChI is InChI=1S/C16H27N3O4/c1-11-14(22)18(9-6-17-11)7-2-12(20)15(23)19-8-5-16(3-4-16)13(21)10-19/h11-13,17,20-21H,2-10H2,1H3/t11-,12-,13+/m0/s1. The van der Waals surface area contributed by atoms with Crippen LogP contribution in [0.1, 0.15) is 32.6 Å². The highest BCUT2D eigenvalue weighted by molar-refractivity contribution is 5.83. The molecule has 2 amide bonds. The minimum atomic E-state index is -1.10. The van der Waals surface area contributed by atoms with Gasteiger partial charge < -0.3 is 25.3 Å². The molecule has 0 radical (unpaired) electrons. The molecule has 0 aromatic rings. The molecular formula is C16H27N3O4. The smallest absolute Gasteiger partial charge is 0.251 e. The summed E-state index contributed by atoms with van der Waals surface area (Å²) in [5.41, 5.74) is 0.0467. The summed E-state index contributed by atoms with van der Waals surface area (Å²) in [7, 11) is 0. The Morgan fingerprint density at radius 1 is 1.39 bits per heavy atom. The third-order valence-electron chi connectivity index (χ3n) is 5.66. The SMILES string of the molecule is C[C@@H]1NCCN(CC[C@H](O)C(=O)N2CCC3(CC3)[C@H](O)C2)C1=O. The number of nitrogens with zero attached hydrogens (tertiary/aromatic N) is 2. The van der Waals surface area contributed by atoms with Crippen molar-refractivity contribution in [3.8, 4) is 0 Å². The molecule has 2 aliphatic heterocycles. The largest absolute Gasteiger partial charge is 0.391 e. The normalized spacial score (nSPS) is 31.3. The van der Waals surface area contributed by atoms with Gasteiger partial charge in [-0.1, -0.05) is 0 Å². The van der Waals surface area contributed by atoms with E-state index in [1.807, 2.05) is 6.92 Å². The maximum Gasteiger partial charge on any atom is 0.251 e. The van der Waals surface area contributed by atoms with Gasteiger partial charge in [0.1, 0.15) is 6.10 Å². The van der Waals surface area contributed by atoms with E-state index in [-0.39, 0.29) is 29.7 Å². The molecule has 0 unspecified atom stereocenters. The summed E-state index contributed by atoms with van der Waals surface area (Å²) in [6.07, 6.45) is 1.58. The van der Waals surface area contributed by atoms with E-state index in [4.69, 9.17) is 0 Å². The van der Waals surface area contributed by atoms with Crippen molar-refractivity contribution < 1.29 is 19.8 Å². The maximum absolute atomic E-state index is 12.3. The molecule has 7 nitrogen and oxygen atoms in total. The Morgan fingerprint density at radius 3 is 2.78 bits per heavy atom. The summed E-state index contributed by atoms with van der Waals surface area (Å²) in [6.45, 7) is 4.47. The van der Waals surface area contributed by atoms with Gasteiger partial charge in [-0.15, -0.1) is 0 Å². The van der Waals surface area contributed by atoms with Crippen LogP contribution in [0, 0.1) is 5.41 Å².